The number of carbonyl (C=O) groups excluding carboxylic acids is 1. The number of carbonyl (C=O) groups is 1. The van der Waals surface area contributed by atoms with E-state index in [1.807, 2.05) is 30.0 Å². The van der Waals surface area contributed by atoms with Gasteiger partial charge in [-0.25, -0.2) is 4.98 Å². The molecule has 0 saturated carbocycles. The lowest BCUT2D eigenvalue weighted by Crippen LogP contribution is -2.34. The number of para-hydroxylation sites is 1. The summed E-state index contributed by atoms with van der Waals surface area (Å²) in [6.07, 6.45) is 4.49. The monoisotopic (exact) mass is 322 g/mol. The van der Waals surface area contributed by atoms with Gasteiger partial charge in [0.25, 0.3) is 5.91 Å². The average Bonchev–Trinajstić information content (AvgIpc) is 3.21. The van der Waals surface area contributed by atoms with Gasteiger partial charge in [0.15, 0.2) is 12.4 Å². The third-order valence-corrected chi connectivity index (χ3v) is 4.58. The Morgan fingerprint density at radius 2 is 2.25 bits per heavy atom. The van der Waals surface area contributed by atoms with Crippen molar-refractivity contribution in [2.45, 2.75) is 25.8 Å². The van der Waals surface area contributed by atoms with E-state index in [0.29, 0.717) is 16.8 Å². The molecule has 0 radical (unpaired) electrons. The van der Waals surface area contributed by atoms with Crippen LogP contribution < -0.4 is 4.73 Å². The first-order chi connectivity index (χ1) is 11.6. The molecule has 1 fully saturated rings. The minimum atomic E-state index is -0.125. The van der Waals surface area contributed by atoms with Gasteiger partial charge in [0.05, 0.1) is 17.1 Å². The molecule has 122 valence electrons. The Kier molecular flexibility index (Phi) is 3.45. The maximum atomic E-state index is 12.8. The van der Waals surface area contributed by atoms with Gasteiger partial charge >= 0.3 is 0 Å². The summed E-state index contributed by atoms with van der Waals surface area (Å²) in [5, 5.41) is 11.4. The van der Waals surface area contributed by atoms with E-state index in [1.165, 1.54) is 12.4 Å². The lowest BCUT2D eigenvalue weighted by molar-refractivity contribution is -0.605. The van der Waals surface area contributed by atoms with Crippen molar-refractivity contribution in [1.29, 1.82) is 0 Å². The molecular formula is C18H18N4O2. The topological polar surface area (TPSA) is 75.9 Å². The number of hydrogen-bond acceptors (Lipinski definition) is 3. The molecule has 4 rings (SSSR count). The van der Waals surface area contributed by atoms with Crippen LogP contribution in [0.4, 0.5) is 0 Å². The van der Waals surface area contributed by atoms with Gasteiger partial charge in [0, 0.05) is 12.6 Å². The number of nitrogens with zero attached hydrogens (tertiary/aromatic N) is 3. The standard InChI is InChI=1S/C18H18N4O2/c1-12-5-2-7-14-16(12)20-17(19-14)15-8-4-10-22(15)18(23)13-6-3-9-21(24)11-13/h2-3,5-7,9,11,15H,4,8,10H2,1H3,(H,19,20). The lowest BCUT2D eigenvalue weighted by Gasteiger charge is -2.22. The molecule has 1 aromatic carbocycles. The van der Waals surface area contributed by atoms with Crippen LogP contribution in [-0.2, 0) is 0 Å². The van der Waals surface area contributed by atoms with Crippen molar-refractivity contribution in [3.05, 3.63) is 64.9 Å². The molecule has 1 atom stereocenters. The van der Waals surface area contributed by atoms with Gasteiger partial charge in [-0.05, 0) is 37.5 Å². The van der Waals surface area contributed by atoms with Crippen LogP contribution in [0.3, 0.4) is 0 Å². The normalized spacial score (nSPS) is 17.5. The zero-order chi connectivity index (χ0) is 16.7. The fourth-order valence-electron chi connectivity index (χ4n) is 3.39. The van der Waals surface area contributed by atoms with Crippen molar-refractivity contribution in [3.63, 3.8) is 0 Å². The second-order valence-corrected chi connectivity index (χ2v) is 6.20. The summed E-state index contributed by atoms with van der Waals surface area (Å²) in [6.45, 7) is 2.70. The number of nitrogens with one attached hydrogen (secondary N) is 1. The van der Waals surface area contributed by atoms with E-state index in [-0.39, 0.29) is 11.9 Å². The van der Waals surface area contributed by atoms with Crippen LogP contribution in [0.2, 0.25) is 0 Å². The Labute approximate surface area is 139 Å². The van der Waals surface area contributed by atoms with E-state index in [4.69, 9.17) is 4.98 Å². The van der Waals surface area contributed by atoms with Crippen LogP contribution in [0.25, 0.3) is 11.0 Å². The summed E-state index contributed by atoms with van der Waals surface area (Å²) in [6, 6.07) is 9.21. The first kappa shape index (κ1) is 14.7. The first-order valence-electron chi connectivity index (χ1n) is 8.08. The summed E-state index contributed by atoms with van der Waals surface area (Å²) in [4.78, 5) is 22.7. The molecule has 0 aliphatic carbocycles. The Hall–Kier alpha value is -2.89. The van der Waals surface area contributed by atoms with E-state index in [1.54, 1.807) is 12.1 Å². The number of rotatable bonds is 2. The van der Waals surface area contributed by atoms with Crippen molar-refractivity contribution in [2.24, 2.45) is 0 Å². The van der Waals surface area contributed by atoms with Gasteiger partial charge in [0.2, 0.25) is 0 Å². The summed E-state index contributed by atoms with van der Waals surface area (Å²) >= 11 is 0. The maximum Gasteiger partial charge on any atom is 0.260 e. The second-order valence-electron chi connectivity index (χ2n) is 6.20. The second kappa shape index (κ2) is 5.63. The van der Waals surface area contributed by atoms with Gasteiger partial charge in [-0.1, -0.05) is 12.1 Å². The van der Waals surface area contributed by atoms with Crippen LogP contribution in [0.1, 0.15) is 40.6 Å². The van der Waals surface area contributed by atoms with Crippen molar-refractivity contribution in [1.82, 2.24) is 14.9 Å². The summed E-state index contributed by atoms with van der Waals surface area (Å²) in [5.74, 6) is 0.691. The smallest absolute Gasteiger partial charge is 0.260 e. The Morgan fingerprint density at radius 3 is 3.04 bits per heavy atom. The van der Waals surface area contributed by atoms with Gasteiger partial charge < -0.3 is 15.1 Å². The van der Waals surface area contributed by atoms with Crippen molar-refractivity contribution in [2.75, 3.05) is 6.54 Å². The average molecular weight is 322 g/mol. The fraction of sp³-hybridized carbons (Fsp3) is 0.278. The number of imidazole rings is 1. The van der Waals surface area contributed by atoms with E-state index in [9.17, 15) is 10.0 Å². The molecule has 1 amide bonds. The molecule has 2 aromatic heterocycles. The van der Waals surface area contributed by atoms with E-state index < -0.39 is 0 Å². The van der Waals surface area contributed by atoms with Gasteiger partial charge in [0.1, 0.15) is 11.4 Å². The maximum absolute atomic E-state index is 12.8. The van der Waals surface area contributed by atoms with E-state index in [2.05, 4.69) is 4.98 Å². The minimum absolute atomic E-state index is 0.0791. The molecule has 1 aliphatic rings. The zero-order valence-corrected chi connectivity index (χ0v) is 13.4. The van der Waals surface area contributed by atoms with Crippen LogP contribution >= 0.6 is 0 Å². The highest BCUT2D eigenvalue weighted by Gasteiger charge is 2.33. The number of pyridine rings is 1. The van der Waals surface area contributed by atoms with Crippen LogP contribution in [0.15, 0.2) is 42.7 Å². The number of benzene rings is 1. The molecule has 1 saturated heterocycles. The molecule has 6 nitrogen and oxygen atoms in total. The molecule has 3 aromatic rings. The van der Waals surface area contributed by atoms with E-state index >= 15 is 0 Å². The Bertz CT molecular complexity index is 918. The molecule has 0 spiro atoms. The van der Waals surface area contributed by atoms with Gasteiger partial charge in [-0.3, -0.25) is 4.79 Å². The number of H-pyrrole nitrogens is 1. The number of aromatic nitrogens is 3. The largest absolute Gasteiger partial charge is 0.619 e. The predicted molar refractivity (Wildman–Crippen MR) is 89.2 cm³/mol. The van der Waals surface area contributed by atoms with Crippen molar-refractivity contribution in [3.8, 4) is 0 Å². The van der Waals surface area contributed by atoms with Gasteiger partial charge in [-0.2, -0.15) is 4.73 Å². The van der Waals surface area contributed by atoms with Crippen LogP contribution in [0.5, 0.6) is 0 Å². The SMILES string of the molecule is Cc1cccc2[nH]c(C3CCCN3C(=O)c3ccc[n+]([O-])c3)nc12. The Balaban J connectivity index is 1.69. The third kappa shape index (κ3) is 2.40. The summed E-state index contributed by atoms with van der Waals surface area (Å²) < 4.78 is 0.656. The highest BCUT2D eigenvalue weighted by Crippen LogP contribution is 2.32. The fourth-order valence-corrected chi connectivity index (χ4v) is 3.39. The summed E-state index contributed by atoms with van der Waals surface area (Å²) in [7, 11) is 0. The molecule has 3 heterocycles. The predicted octanol–water partition coefficient (Wildman–Crippen LogP) is 2.48. The molecule has 1 aliphatic heterocycles. The number of hydrogen-bond donors (Lipinski definition) is 1. The Morgan fingerprint density at radius 1 is 1.38 bits per heavy atom. The molecule has 1 unspecified atom stereocenters. The first-order valence-corrected chi connectivity index (χ1v) is 8.08. The van der Waals surface area contributed by atoms with E-state index in [0.717, 1.165) is 35.3 Å². The highest BCUT2D eigenvalue weighted by molar-refractivity contribution is 5.94. The molecule has 0 bridgehead atoms. The van der Waals surface area contributed by atoms with Crippen LogP contribution in [0, 0.1) is 12.1 Å². The number of fused-ring (bicyclic) bond motifs is 1. The molecule has 6 heteroatoms. The van der Waals surface area contributed by atoms with Crippen molar-refractivity contribution < 1.29 is 9.52 Å². The third-order valence-electron chi connectivity index (χ3n) is 4.58. The molecule has 1 N–H and O–H groups in total. The number of aryl methyl sites for hydroxylation is 1. The minimum Gasteiger partial charge on any atom is -0.619 e. The number of likely N-dealkylation sites (tertiary alicyclic amines) is 1. The lowest BCUT2D eigenvalue weighted by atomic mass is 10.2. The molecular weight excluding hydrogens is 304 g/mol. The zero-order valence-electron chi connectivity index (χ0n) is 13.4. The quantitative estimate of drug-likeness (QED) is 0.582. The number of aromatic amines is 1. The van der Waals surface area contributed by atoms with Gasteiger partial charge in [-0.15, -0.1) is 0 Å². The molecule has 24 heavy (non-hydrogen) atoms. The summed E-state index contributed by atoms with van der Waals surface area (Å²) in [5.41, 5.74) is 3.46. The van der Waals surface area contributed by atoms with Crippen LogP contribution in [-0.4, -0.2) is 27.3 Å². The number of amides is 1. The highest BCUT2D eigenvalue weighted by atomic mass is 16.5. The van der Waals surface area contributed by atoms with Crippen molar-refractivity contribution >= 4 is 16.9 Å².